The third-order valence-electron chi connectivity index (χ3n) is 4.62. The first-order valence-corrected chi connectivity index (χ1v) is 8.47. The standard InChI is InChI=1S/C17H34O/c1-2-3-4-5-6-8-13-17(15-18)14-16-11-9-7-10-12-16/h16-18H,2-15H2,1H3. The zero-order valence-electron chi connectivity index (χ0n) is 12.5. The van der Waals surface area contributed by atoms with Crippen molar-refractivity contribution in [1.82, 2.24) is 0 Å². The molecule has 1 saturated carbocycles. The molecule has 0 aromatic heterocycles. The third-order valence-corrected chi connectivity index (χ3v) is 4.62. The number of hydrogen-bond acceptors (Lipinski definition) is 1. The van der Waals surface area contributed by atoms with Gasteiger partial charge in [0.25, 0.3) is 0 Å². The van der Waals surface area contributed by atoms with Crippen LogP contribution in [0.15, 0.2) is 0 Å². The predicted molar refractivity (Wildman–Crippen MR) is 79.8 cm³/mol. The molecule has 18 heavy (non-hydrogen) atoms. The summed E-state index contributed by atoms with van der Waals surface area (Å²) in [7, 11) is 0. The smallest absolute Gasteiger partial charge is 0.0459 e. The Hall–Kier alpha value is -0.0400. The zero-order valence-corrected chi connectivity index (χ0v) is 12.5. The number of aliphatic hydroxyl groups excluding tert-OH is 1. The first-order chi connectivity index (χ1) is 8.86. The summed E-state index contributed by atoms with van der Waals surface area (Å²) in [5.74, 6) is 1.52. The van der Waals surface area contributed by atoms with Crippen LogP contribution in [0.4, 0.5) is 0 Å². The Balaban J connectivity index is 2.01. The van der Waals surface area contributed by atoms with Gasteiger partial charge in [-0.15, -0.1) is 0 Å². The van der Waals surface area contributed by atoms with Gasteiger partial charge in [0, 0.05) is 6.61 Å². The topological polar surface area (TPSA) is 20.2 Å². The molecule has 1 aliphatic rings. The van der Waals surface area contributed by atoms with Crippen LogP contribution in [0, 0.1) is 11.8 Å². The summed E-state index contributed by atoms with van der Waals surface area (Å²) in [4.78, 5) is 0. The SMILES string of the molecule is CCCCCCCCC(CO)CC1CCCCC1. The maximum atomic E-state index is 9.50. The van der Waals surface area contributed by atoms with Crippen LogP contribution < -0.4 is 0 Å². The Morgan fingerprint density at radius 2 is 1.61 bits per heavy atom. The average Bonchev–Trinajstić information content (AvgIpc) is 2.42. The molecule has 1 heteroatoms. The molecule has 1 unspecified atom stereocenters. The van der Waals surface area contributed by atoms with E-state index in [-0.39, 0.29) is 0 Å². The van der Waals surface area contributed by atoms with Gasteiger partial charge in [0.05, 0.1) is 0 Å². The van der Waals surface area contributed by atoms with E-state index >= 15 is 0 Å². The maximum absolute atomic E-state index is 9.50. The Labute approximate surface area is 114 Å². The molecule has 0 aromatic rings. The lowest BCUT2D eigenvalue weighted by atomic mass is 9.81. The van der Waals surface area contributed by atoms with Crippen molar-refractivity contribution in [3.8, 4) is 0 Å². The summed E-state index contributed by atoms with van der Waals surface area (Å²) in [5, 5.41) is 9.50. The second-order valence-electron chi connectivity index (χ2n) is 6.34. The van der Waals surface area contributed by atoms with Crippen LogP contribution in [0.3, 0.4) is 0 Å². The van der Waals surface area contributed by atoms with Crippen LogP contribution in [0.5, 0.6) is 0 Å². The van der Waals surface area contributed by atoms with Crippen molar-refractivity contribution in [2.24, 2.45) is 11.8 Å². The molecular weight excluding hydrogens is 220 g/mol. The van der Waals surface area contributed by atoms with Crippen LogP contribution in [0.1, 0.15) is 90.4 Å². The zero-order chi connectivity index (χ0) is 13.1. The van der Waals surface area contributed by atoms with E-state index in [1.807, 2.05) is 0 Å². The first kappa shape index (κ1) is 16.0. The van der Waals surface area contributed by atoms with Crippen molar-refractivity contribution in [2.45, 2.75) is 90.4 Å². The lowest BCUT2D eigenvalue weighted by Crippen LogP contribution is -2.15. The fraction of sp³-hybridized carbons (Fsp3) is 1.00. The predicted octanol–water partition coefficient (Wildman–Crippen LogP) is 5.32. The van der Waals surface area contributed by atoms with Gasteiger partial charge in [-0.2, -0.15) is 0 Å². The van der Waals surface area contributed by atoms with Gasteiger partial charge in [-0.05, 0) is 24.7 Å². The molecule has 0 amide bonds. The molecule has 108 valence electrons. The summed E-state index contributed by atoms with van der Waals surface area (Å²) < 4.78 is 0. The largest absolute Gasteiger partial charge is 0.396 e. The average molecular weight is 254 g/mol. The van der Waals surface area contributed by atoms with E-state index in [4.69, 9.17) is 0 Å². The fourth-order valence-electron chi connectivity index (χ4n) is 3.39. The van der Waals surface area contributed by atoms with Crippen molar-refractivity contribution in [3.05, 3.63) is 0 Å². The van der Waals surface area contributed by atoms with Crippen molar-refractivity contribution < 1.29 is 5.11 Å². The summed E-state index contributed by atoms with van der Waals surface area (Å²) >= 11 is 0. The molecule has 0 saturated heterocycles. The second kappa shape index (κ2) is 10.8. The van der Waals surface area contributed by atoms with E-state index in [1.54, 1.807) is 0 Å². The molecule has 0 aliphatic heterocycles. The molecule has 1 nitrogen and oxygen atoms in total. The summed E-state index contributed by atoms with van der Waals surface area (Å²) in [6, 6.07) is 0. The molecule has 1 fully saturated rings. The van der Waals surface area contributed by atoms with Crippen LogP contribution in [-0.4, -0.2) is 11.7 Å². The number of aliphatic hydroxyl groups is 1. The van der Waals surface area contributed by atoms with Gasteiger partial charge in [-0.25, -0.2) is 0 Å². The molecule has 0 spiro atoms. The second-order valence-corrected chi connectivity index (χ2v) is 6.34. The minimum Gasteiger partial charge on any atom is -0.396 e. The monoisotopic (exact) mass is 254 g/mol. The molecule has 1 N–H and O–H groups in total. The molecule has 0 aromatic carbocycles. The van der Waals surface area contributed by atoms with Gasteiger partial charge in [0.2, 0.25) is 0 Å². The Morgan fingerprint density at radius 1 is 0.944 bits per heavy atom. The summed E-state index contributed by atoms with van der Waals surface area (Å²) in [6.07, 6.45) is 18.0. The van der Waals surface area contributed by atoms with Gasteiger partial charge < -0.3 is 5.11 Å². The van der Waals surface area contributed by atoms with E-state index in [2.05, 4.69) is 6.92 Å². The molecule has 1 rings (SSSR count). The maximum Gasteiger partial charge on any atom is 0.0459 e. The Morgan fingerprint density at radius 3 is 2.28 bits per heavy atom. The normalized spacial score (nSPS) is 19.0. The number of unbranched alkanes of at least 4 members (excludes halogenated alkanes) is 5. The fourth-order valence-corrected chi connectivity index (χ4v) is 3.39. The first-order valence-electron chi connectivity index (χ1n) is 8.47. The lowest BCUT2D eigenvalue weighted by Gasteiger charge is -2.25. The minimum absolute atomic E-state index is 0.422. The quantitative estimate of drug-likeness (QED) is 0.523. The van der Waals surface area contributed by atoms with Gasteiger partial charge in [-0.1, -0.05) is 77.6 Å². The van der Waals surface area contributed by atoms with E-state index in [0.29, 0.717) is 12.5 Å². The Kier molecular flexibility index (Phi) is 9.65. The number of rotatable bonds is 10. The molecule has 0 bridgehead atoms. The lowest BCUT2D eigenvalue weighted by molar-refractivity contribution is 0.175. The van der Waals surface area contributed by atoms with Crippen LogP contribution in [0.2, 0.25) is 0 Å². The van der Waals surface area contributed by atoms with Crippen LogP contribution in [-0.2, 0) is 0 Å². The van der Waals surface area contributed by atoms with E-state index in [9.17, 15) is 5.11 Å². The van der Waals surface area contributed by atoms with Gasteiger partial charge in [0.15, 0.2) is 0 Å². The minimum atomic E-state index is 0.422. The van der Waals surface area contributed by atoms with Crippen LogP contribution in [0.25, 0.3) is 0 Å². The molecular formula is C17H34O. The molecule has 1 aliphatic carbocycles. The summed E-state index contributed by atoms with van der Waals surface area (Å²) in [6.45, 7) is 2.69. The highest BCUT2D eigenvalue weighted by molar-refractivity contribution is 4.70. The van der Waals surface area contributed by atoms with Crippen molar-refractivity contribution >= 4 is 0 Å². The van der Waals surface area contributed by atoms with Crippen molar-refractivity contribution in [1.29, 1.82) is 0 Å². The highest BCUT2D eigenvalue weighted by Gasteiger charge is 2.18. The van der Waals surface area contributed by atoms with Crippen molar-refractivity contribution in [3.63, 3.8) is 0 Å². The van der Waals surface area contributed by atoms with E-state index in [0.717, 1.165) is 5.92 Å². The highest BCUT2D eigenvalue weighted by Crippen LogP contribution is 2.30. The van der Waals surface area contributed by atoms with E-state index in [1.165, 1.54) is 83.5 Å². The van der Waals surface area contributed by atoms with Gasteiger partial charge >= 0.3 is 0 Å². The van der Waals surface area contributed by atoms with Crippen LogP contribution >= 0.6 is 0 Å². The molecule has 0 radical (unpaired) electrons. The van der Waals surface area contributed by atoms with Gasteiger partial charge in [-0.3, -0.25) is 0 Å². The summed E-state index contributed by atoms with van der Waals surface area (Å²) in [5.41, 5.74) is 0. The highest BCUT2D eigenvalue weighted by atomic mass is 16.3. The third kappa shape index (κ3) is 7.41. The van der Waals surface area contributed by atoms with Gasteiger partial charge in [0.1, 0.15) is 0 Å². The van der Waals surface area contributed by atoms with E-state index < -0.39 is 0 Å². The van der Waals surface area contributed by atoms with Crippen molar-refractivity contribution in [2.75, 3.05) is 6.61 Å². The molecule has 0 heterocycles. The number of hydrogen-bond donors (Lipinski definition) is 1. The Bertz CT molecular complexity index is 172. The molecule has 1 atom stereocenters.